The normalized spacial score (nSPS) is 17.9. The molecule has 2 aromatic heterocycles. The first-order valence-electron chi connectivity index (χ1n) is 4.82. The highest BCUT2D eigenvalue weighted by Crippen LogP contribution is 2.39. The zero-order valence-corrected chi connectivity index (χ0v) is 8.78. The van der Waals surface area contributed by atoms with Gasteiger partial charge in [-0.2, -0.15) is 4.98 Å². The summed E-state index contributed by atoms with van der Waals surface area (Å²) in [6, 6.07) is -0.368. The van der Waals surface area contributed by atoms with Crippen LogP contribution >= 0.6 is 11.3 Å². The van der Waals surface area contributed by atoms with Crippen LogP contribution in [-0.4, -0.2) is 15.1 Å². The number of hydrogen-bond acceptors (Lipinski definition) is 6. The quantitative estimate of drug-likeness (QED) is 0.850. The van der Waals surface area contributed by atoms with Gasteiger partial charge < -0.3 is 10.3 Å². The summed E-state index contributed by atoms with van der Waals surface area (Å²) in [5, 5.41) is 5.79. The minimum absolute atomic E-state index is 0.368. The van der Waals surface area contributed by atoms with Gasteiger partial charge in [-0.3, -0.25) is 0 Å². The SMILES string of the molecule is NC(c1cscn1)c1noc(C2CC2)n1. The zero-order valence-electron chi connectivity index (χ0n) is 7.96. The van der Waals surface area contributed by atoms with Crippen molar-refractivity contribution in [2.45, 2.75) is 24.8 Å². The molecule has 3 rings (SSSR count). The molecule has 0 amide bonds. The van der Waals surface area contributed by atoms with E-state index >= 15 is 0 Å². The Morgan fingerprint density at radius 3 is 3.07 bits per heavy atom. The molecule has 2 heterocycles. The lowest BCUT2D eigenvalue weighted by Crippen LogP contribution is -2.13. The van der Waals surface area contributed by atoms with Crippen LogP contribution in [0.1, 0.15) is 42.2 Å². The van der Waals surface area contributed by atoms with E-state index in [0.717, 1.165) is 24.4 Å². The Hall–Kier alpha value is -1.27. The first kappa shape index (κ1) is 8.99. The van der Waals surface area contributed by atoms with Crippen molar-refractivity contribution in [3.63, 3.8) is 0 Å². The fourth-order valence-electron chi connectivity index (χ4n) is 1.38. The van der Waals surface area contributed by atoms with Gasteiger partial charge in [-0.25, -0.2) is 4.98 Å². The Kier molecular flexibility index (Phi) is 2.03. The van der Waals surface area contributed by atoms with E-state index in [9.17, 15) is 0 Å². The summed E-state index contributed by atoms with van der Waals surface area (Å²) in [6.45, 7) is 0. The first-order valence-corrected chi connectivity index (χ1v) is 5.76. The maximum absolute atomic E-state index is 5.95. The van der Waals surface area contributed by atoms with Gasteiger partial charge in [0.15, 0.2) is 5.82 Å². The molecule has 6 heteroatoms. The predicted molar refractivity (Wildman–Crippen MR) is 54.4 cm³/mol. The lowest BCUT2D eigenvalue weighted by atomic mass is 10.2. The molecular formula is C9H10N4OS. The van der Waals surface area contributed by atoms with Crippen LogP contribution in [0, 0.1) is 0 Å². The number of aromatic nitrogens is 3. The average Bonchev–Trinajstić information content (AvgIpc) is 2.83. The standard InChI is InChI=1S/C9H10N4OS/c10-7(6-3-15-4-11-6)8-12-9(14-13-8)5-1-2-5/h3-5,7H,1-2,10H2. The third-order valence-electron chi connectivity index (χ3n) is 2.43. The van der Waals surface area contributed by atoms with Gasteiger partial charge in [-0.1, -0.05) is 5.16 Å². The third-order valence-corrected chi connectivity index (χ3v) is 3.04. The number of nitrogens with zero attached hydrogens (tertiary/aromatic N) is 3. The van der Waals surface area contributed by atoms with Crippen molar-refractivity contribution >= 4 is 11.3 Å². The van der Waals surface area contributed by atoms with Crippen molar-refractivity contribution in [2.75, 3.05) is 0 Å². The van der Waals surface area contributed by atoms with E-state index in [1.54, 1.807) is 5.51 Å². The summed E-state index contributed by atoms with van der Waals surface area (Å²) in [5.74, 6) is 1.72. The van der Waals surface area contributed by atoms with Gasteiger partial charge in [0, 0.05) is 11.3 Å². The Morgan fingerprint density at radius 1 is 1.53 bits per heavy atom. The summed E-state index contributed by atoms with van der Waals surface area (Å²) < 4.78 is 5.14. The second-order valence-corrected chi connectivity index (χ2v) is 4.37. The van der Waals surface area contributed by atoms with Crippen LogP contribution in [0.3, 0.4) is 0 Å². The topological polar surface area (TPSA) is 77.8 Å². The third kappa shape index (κ3) is 1.66. The van der Waals surface area contributed by atoms with Crippen molar-refractivity contribution in [1.29, 1.82) is 0 Å². The molecule has 0 bridgehead atoms. The van der Waals surface area contributed by atoms with Gasteiger partial charge in [0.1, 0.15) is 6.04 Å². The molecule has 1 unspecified atom stereocenters. The number of thiazole rings is 1. The Bertz CT molecular complexity index is 448. The first-order chi connectivity index (χ1) is 7.34. The van der Waals surface area contributed by atoms with E-state index in [-0.39, 0.29) is 6.04 Å². The number of rotatable bonds is 3. The molecule has 1 aliphatic carbocycles. The van der Waals surface area contributed by atoms with Gasteiger partial charge in [0.2, 0.25) is 5.89 Å². The van der Waals surface area contributed by atoms with Crippen LogP contribution in [-0.2, 0) is 0 Å². The number of hydrogen-bond donors (Lipinski definition) is 1. The summed E-state index contributed by atoms with van der Waals surface area (Å²) in [5.41, 5.74) is 8.50. The highest BCUT2D eigenvalue weighted by Gasteiger charge is 2.30. The van der Waals surface area contributed by atoms with Crippen molar-refractivity contribution in [2.24, 2.45) is 5.73 Å². The predicted octanol–water partition coefficient (Wildman–Crippen LogP) is 1.45. The molecule has 1 fully saturated rings. The smallest absolute Gasteiger partial charge is 0.229 e. The van der Waals surface area contributed by atoms with Gasteiger partial charge in [0.25, 0.3) is 0 Å². The molecular weight excluding hydrogens is 212 g/mol. The fraction of sp³-hybridized carbons (Fsp3) is 0.444. The van der Waals surface area contributed by atoms with E-state index in [1.807, 2.05) is 5.38 Å². The van der Waals surface area contributed by atoms with E-state index in [4.69, 9.17) is 10.3 Å². The second-order valence-electron chi connectivity index (χ2n) is 3.66. The van der Waals surface area contributed by atoms with Crippen LogP contribution in [0.15, 0.2) is 15.4 Å². The fourth-order valence-corrected chi connectivity index (χ4v) is 1.97. The molecule has 2 N–H and O–H groups in total. The highest BCUT2D eigenvalue weighted by molar-refractivity contribution is 7.07. The van der Waals surface area contributed by atoms with Crippen LogP contribution in [0.2, 0.25) is 0 Å². The van der Waals surface area contributed by atoms with Crippen molar-refractivity contribution in [1.82, 2.24) is 15.1 Å². The molecule has 5 nitrogen and oxygen atoms in total. The summed E-state index contributed by atoms with van der Waals surface area (Å²) in [6.07, 6.45) is 2.29. The molecule has 15 heavy (non-hydrogen) atoms. The van der Waals surface area contributed by atoms with Gasteiger partial charge in [0.05, 0.1) is 11.2 Å². The van der Waals surface area contributed by atoms with E-state index < -0.39 is 0 Å². The minimum Gasteiger partial charge on any atom is -0.339 e. The van der Waals surface area contributed by atoms with Crippen molar-refractivity contribution in [3.8, 4) is 0 Å². The average molecular weight is 222 g/mol. The summed E-state index contributed by atoms with van der Waals surface area (Å²) >= 11 is 1.51. The minimum atomic E-state index is -0.368. The summed E-state index contributed by atoms with van der Waals surface area (Å²) in [4.78, 5) is 8.42. The van der Waals surface area contributed by atoms with Crippen LogP contribution in [0.5, 0.6) is 0 Å². The maximum atomic E-state index is 5.95. The van der Waals surface area contributed by atoms with Crippen LogP contribution < -0.4 is 5.73 Å². The highest BCUT2D eigenvalue weighted by atomic mass is 32.1. The molecule has 1 aliphatic rings. The lowest BCUT2D eigenvalue weighted by Gasteiger charge is -2.00. The van der Waals surface area contributed by atoms with E-state index in [0.29, 0.717) is 11.7 Å². The van der Waals surface area contributed by atoms with Gasteiger partial charge in [-0.15, -0.1) is 11.3 Å². The van der Waals surface area contributed by atoms with Crippen LogP contribution in [0.4, 0.5) is 0 Å². The van der Waals surface area contributed by atoms with E-state index in [2.05, 4.69) is 15.1 Å². The Labute approximate surface area is 90.3 Å². The number of nitrogens with two attached hydrogens (primary N) is 1. The molecule has 0 aromatic carbocycles. The second kappa shape index (κ2) is 3.39. The van der Waals surface area contributed by atoms with Gasteiger partial charge >= 0.3 is 0 Å². The van der Waals surface area contributed by atoms with Crippen molar-refractivity contribution < 1.29 is 4.52 Å². The van der Waals surface area contributed by atoms with Gasteiger partial charge in [-0.05, 0) is 12.8 Å². The lowest BCUT2D eigenvalue weighted by molar-refractivity contribution is 0.372. The molecule has 1 atom stereocenters. The summed E-state index contributed by atoms with van der Waals surface area (Å²) in [7, 11) is 0. The largest absolute Gasteiger partial charge is 0.339 e. The molecule has 2 aromatic rings. The molecule has 0 aliphatic heterocycles. The van der Waals surface area contributed by atoms with Crippen molar-refractivity contribution in [3.05, 3.63) is 28.3 Å². The van der Waals surface area contributed by atoms with Crippen LogP contribution in [0.25, 0.3) is 0 Å². The molecule has 78 valence electrons. The Morgan fingerprint density at radius 2 is 2.40 bits per heavy atom. The monoisotopic (exact) mass is 222 g/mol. The molecule has 0 radical (unpaired) electrons. The Balaban J connectivity index is 1.85. The molecule has 1 saturated carbocycles. The zero-order chi connectivity index (χ0) is 10.3. The molecule has 0 spiro atoms. The maximum Gasteiger partial charge on any atom is 0.229 e. The van der Waals surface area contributed by atoms with E-state index in [1.165, 1.54) is 11.3 Å². The molecule has 0 saturated heterocycles.